The molecule has 2 heterocycles. The van der Waals surface area contributed by atoms with Gasteiger partial charge in [-0.2, -0.15) is 0 Å². The van der Waals surface area contributed by atoms with Gasteiger partial charge >= 0.3 is 0 Å². The highest BCUT2D eigenvalue weighted by Gasteiger charge is 2.23. The SMILES string of the molecule is Cc1cc2c(N3CCN(C)CC3C)ccc(N)c2cn1. The first-order valence-electron chi connectivity index (χ1n) is 7.16. The molecule has 1 saturated heterocycles. The minimum atomic E-state index is 0.508. The van der Waals surface area contributed by atoms with Crippen LogP contribution in [0.4, 0.5) is 11.4 Å². The Kier molecular flexibility index (Phi) is 3.26. The zero-order valence-corrected chi connectivity index (χ0v) is 12.4. The molecule has 1 aromatic carbocycles. The highest BCUT2D eigenvalue weighted by molar-refractivity contribution is 6.01. The minimum absolute atomic E-state index is 0.508. The molecule has 4 nitrogen and oxygen atoms in total. The number of anilines is 2. The standard InChI is InChI=1S/C16H22N4/c1-11-8-13-14(9-18-11)15(17)4-5-16(13)20-7-6-19(3)10-12(20)2/h4-5,8-9,12H,6-7,10,17H2,1-3H3. The molecule has 4 heteroatoms. The Morgan fingerprint density at radius 1 is 1.25 bits per heavy atom. The van der Waals surface area contributed by atoms with Crippen molar-refractivity contribution in [2.24, 2.45) is 0 Å². The number of hydrogen-bond acceptors (Lipinski definition) is 4. The van der Waals surface area contributed by atoms with Crippen molar-refractivity contribution >= 4 is 22.1 Å². The second kappa shape index (κ2) is 4.94. The van der Waals surface area contributed by atoms with Crippen LogP contribution in [0, 0.1) is 6.92 Å². The van der Waals surface area contributed by atoms with Crippen molar-refractivity contribution < 1.29 is 0 Å². The smallest absolute Gasteiger partial charge is 0.0451 e. The quantitative estimate of drug-likeness (QED) is 0.807. The van der Waals surface area contributed by atoms with Crippen molar-refractivity contribution in [1.82, 2.24) is 9.88 Å². The van der Waals surface area contributed by atoms with Gasteiger partial charge in [0.15, 0.2) is 0 Å². The molecule has 3 rings (SSSR count). The normalized spacial score (nSPS) is 20.6. The van der Waals surface area contributed by atoms with Crippen molar-refractivity contribution in [3.63, 3.8) is 0 Å². The maximum absolute atomic E-state index is 6.09. The molecule has 106 valence electrons. The van der Waals surface area contributed by atoms with Gasteiger partial charge in [-0.05, 0) is 39.1 Å². The molecular formula is C16H22N4. The van der Waals surface area contributed by atoms with Gasteiger partial charge in [0, 0.05) is 59.7 Å². The molecule has 0 saturated carbocycles. The molecule has 1 fully saturated rings. The summed E-state index contributed by atoms with van der Waals surface area (Å²) in [4.78, 5) is 9.25. The topological polar surface area (TPSA) is 45.4 Å². The van der Waals surface area contributed by atoms with E-state index in [0.29, 0.717) is 6.04 Å². The van der Waals surface area contributed by atoms with Gasteiger partial charge < -0.3 is 15.5 Å². The number of likely N-dealkylation sites (N-methyl/N-ethyl adjacent to an activating group) is 1. The number of aromatic nitrogens is 1. The first kappa shape index (κ1) is 13.2. The molecule has 1 unspecified atom stereocenters. The van der Waals surface area contributed by atoms with Gasteiger partial charge in [0.05, 0.1) is 0 Å². The Hall–Kier alpha value is -1.81. The second-order valence-corrected chi connectivity index (χ2v) is 5.85. The second-order valence-electron chi connectivity index (χ2n) is 5.85. The fraction of sp³-hybridized carbons (Fsp3) is 0.438. The Bertz CT molecular complexity index is 638. The lowest BCUT2D eigenvalue weighted by Gasteiger charge is -2.40. The van der Waals surface area contributed by atoms with Gasteiger partial charge in [0.1, 0.15) is 0 Å². The Labute approximate surface area is 120 Å². The average Bonchev–Trinajstić information content (AvgIpc) is 2.40. The fourth-order valence-corrected chi connectivity index (χ4v) is 3.10. The summed E-state index contributed by atoms with van der Waals surface area (Å²) in [6, 6.07) is 6.80. The predicted molar refractivity (Wildman–Crippen MR) is 85.2 cm³/mol. The van der Waals surface area contributed by atoms with Crippen LogP contribution in [0.25, 0.3) is 10.8 Å². The van der Waals surface area contributed by atoms with E-state index in [0.717, 1.165) is 36.4 Å². The molecule has 1 atom stereocenters. The molecule has 0 amide bonds. The highest BCUT2D eigenvalue weighted by atomic mass is 15.3. The summed E-state index contributed by atoms with van der Waals surface area (Å²) in [5, 5.41) is 2.27. The number of piperazine rings is 1. The summed E-state index contributed by atoms with van der Waals surface area (Å²) >= 11 is 0. The third kappa shape index (κ3) is 2.20. The summed E-state index contributed by atoms with van der Waals surface area (Å²) in [5.41, 5.74) is 9.21. The highest BCUT2D eigenvalue weighted by Crippen LogP contribution is 2.32. The van der Waals surface area contributed by atoms with E-state index in [-0.39, 0.29) is 0 Å². The molecule has 0 bridgehead atoms. The third-order valence-electron chi connectivity index (χ3n) is 4.19. The Morgan fingerprint density at radius 3 is 2.80 bits per heavy atom. The number of aryl methyl sites for hydroxylation is 1. The molecule has 1 aromatic heterocycles. The van der Waals surface area contributed by atoms with Crippen molar-refractivity contribution in [2.45, 2.75) is 19.9 Å². The van der Waals surface area contributed by atoms with Crippen LogP contribution in [0.5, 0.6) is 0 Å². The molecule has 1 aliphatic rings. The van der Waals surface area contributed by atoms with Gasteiger partial charge in [-0.1, -0.05) is 0 Å². The van der Waals surface area contributed by atoms with Crippen LogP contribution in [0.3, 0.4) is 0 Å². The molecule has 0 aliphatic carbocycles. The van der Waals surface area contributed by atoms with E-state index in [1.165, 1.54) is 11.1 Å². The molecule has 0 spiro atoms. The summed E-state index contributed by atoms with van der Waals surface area (Å²) in [5.74, 6) is 0. The number of pyridine rings is 1. The molecule has 0 radical (unpaired) electrons. The van der Waals surface area contributed by atoms with Gasteiger partial charge in [0.2, 0.25) is 0 Å². The van der Waals surface area contributed by atoms with Crippen molar-refractivity contribution in [3.05, 3.63) is 30.1 Å². The number of nitrogen functional groups attached to an aromatic ring is 1. The largest absolute Gasteiger partial charge is 0.398 e. The van der Waals surface area contributed by atoms with Crippen LogP contribution in [0.2, 0.25) is 0 Å². The molecule has 2 N–H and O–H groups in total. The molecule has 1 aliphatic heterocycles. The lowest BCUT2D eigenvalue weighted by atomic mass is 10.0. The summed E-state index contributed by atoms with van der Waals surface area (Å²) < 4.78 is 0. The lowest BCUT2D eigenvalue weighted by molar-refractivity contribution is 0.276. The van der Waals surface area contributed by atoms with Crippen LogP contribution in [-0.2, 0) is 0 Å². The van der Waals surface area contributed by atoms with E-state index in [2.05, 4.69) is 40.9 Å². The predicted octanol–water partition coefficient (Wildman–Crippen LogP) is 2.27. The van der Waals surface area contributed by atoms with E-state index in [4.69, 9.17) is 5.73 Å². The van der Waals surface area contributed by atoms with E-state index in [9.17, 15) is 0 Å². The van der Waals surface area contributed by atoms with Crippen LogP contribution in [0.1, 0.15) is 12.6 Å². The van der Waals surface area contributed by atoms with Gasteiger partial charge in [-0.15, -0.1) is 0 Å². The van der Waals surface area contributed by atoms with Gasteiger partial charge in [-0.25, -0.2) is 0 Å². The van der Waals surface area contributed by atoms with Crippen molar-refractivity contribution in [2.75, 3.05) is 37.3 Å². The maximum atomic E-state index is 6.09. The number of hydrogen-bond donors (Lipinski definition) is 1. The van der Waals surface area contributed by atoms with Crippen LogP contribution < -0.4 is 10.6 Å². The number of nitrogens with two attached hydrogens (primary N) is 1. The van der Waals surface area contributed by atoms with E-state index < -0.39 is 0 Å². The minimum Gasteiger partial charge on any atom is -0.398 e. The van der Waals surface area contributed by atoms with E-state index in [1.807, 2.05) is 19.2 Å². The number of benzene rings is 1. The molecular weight excluding hydrogens is 248 g/mol. The number of rotatable bonds is 1. The van der Waals surface area contributed by atoms with Crippen LogP contribution in [0.15, 0.2) is 24.4 Å². The molecule has 2 aromatic rings. The van der Waals surface area contributed by atoms with E-state index in [1.54, 1.807) is 0 Å². The summed E-state index contributed by atoms with van der Waals surface area (Å²) in [6.07, 6.45) is 1.89. The fourth-order valence-electron chi connectivity index (χ4n) is 3.10. The van der Waals surface area contributed by atoms with Gasteiger partial charge in [0.25, 0.3) is 0 Å². The average molecular weight is 270 g/mol. The monoisotopic (exact) mass is 270 g/mol. The molecule has 20 heavy (non-hydrogen) atoms. The van der Waals surface area contributed by atoms with Crippen LogP contribution in [-0.4, -0.2) is 42.6 Å². The summed E-state index contributed by atoms with van der Waals surface area (Å²) in [7, 11) is 2.18. The maximum Gasteiger partial charge on any atom is 0.0451 e. The lowest BCUT2D eigenvalue weighted by Crippen LogP contribution is -2.50. The Balaban J connectivity index is 2.11. The van der Waals surface area contributed by atoms with E-state index >= 15 is 0 Å². The number of nitrogens with zero attached hydrogens (tertiary/aromatic N) is 3. The first-order chi connectivity index (χ1) is 9.56. The zero-order chi connectivity index (χ0) is 14.3. The van der Waals surface area contributed by atoms with Crippen LogP contribution >= 0.6 is 0 Å². The first-order valence-corrected chi connectivity index (χ1v) is 7.16. The van der Waals surface area contributed by atoms with Crippen molar-refractivity contribution in [3.8, 4) is 0 Å². The Morgan fingerprint density at radius 2 is 2.05 bits per heavy atom. The third-order valence-corrected chi connectivity index (χ3v) is 4.19. The zero-order valence-electron chi connectivity index (χ0n) is 12.4. The summed E-state index contributed by atoms with van der Waals surface area (Å²) in [6.45, 7) is 7.56. The van der Waals surface area contributed by atoms with Gasteiger partial charge in [-0.3, -0.25) is 4.98 Å². The number of fused-ring (bicyclic) bond motifs is 1. The van der Waals surface area contributed by atoms with Crippen molar-refractivity contribution in [1.29, 1.82) is 0 Å².